The molecular weight excluding hydrogens is 422 g/mol. The number of nitrogens with zero attached hydrogens (tertiary/aromatic N) is 1. The van der Waals surface area contributed by atoms with Crippen LogP contribution < -0.4 is 15.4 Å². The summed E-state index contributed by atoms with van der Waals surface area (Å²) in [6.45, 7) is 2.55. The molecule has 2 amide bonds. The first-order valence-corrected chi connectivity index (χ1v) is 11.6. The van der Waals surface area contributed by atoms with Gasteiger partial charge in [0.25, 0.3) is 5.91 Å². The molecular formula is C25H27N3O3S. The third-order valence-corrected chi connectivity index (χ3v) is 6.72. The number of ether oxygens (including phenoxy) is 1. The van der Waals surface area contributed by atoms with Crippen molar-refractivity contribution in [3.05, 3.63) is 75.8 Å². The fourth-order valence-electron chi connectivity index (χ4n) is 3.85. The Hall–Kier alpha value is -3.19. The number of nitrogens with one attached hydrogen (secondary N) is 2. The number of amides is 2. The second-order valence-corrected chi connectivity index (χ2v) is 9.07. The van der Waals surface area contributed by atoms with Crippen LogP contribution in [0.25, 0.3) is 0 Å². The highest BCUT2D eigenvalue weighted by Gasteiger charge is 2.30. The van der Waals surface area contributed by atoms with Gasteiger partial charge >= 0.3 is 0 Å². The highest BCUT2D eigenvalue weighted by Crippen LogP contribution is 2.37. The van der Waals surface area contributed by atoms with Gasteiger partial charge in [-0.2, -0.15) is 0 Å². The van der Waals surface area contributed by atoms with Gasteiger partial charge in [-0.3, -0.25) is 14.9 Å². The molecule has 32 heavy (non-hydrogen) atoms. The van der Waals surface area contributed by atoms with Crippen LogP contribution in [0.3, 0.4) is 0 Å². The van der Waals surface area contributed by atoms with Crippen molar-refractivity contribution in [2.24, 2.45) is 0 Å². The first-order chi connectivity index (χ1) is 15.5. The maximum absolute atomic E-state index is 12.9. The molecule has 4 rings (SSSR count). The Morgan fingerprint density at radius 2 is 1.88 bits per heavy atom. The van der Waals surface area contributed by atoms with Crippen molar-refractivity contribution in [3.63, 3.8) is 0 Å². The van der Waals surface area contributed by atoms with Crippen molar-refractivity contribution in [2.45, 2.75) is 38.5 Å². The van der Waals surface area contributed by atoms with E-state index in [2.05, 4.69) is 15.6 Å². The normalized spacial score (nSPS) is 15.0. The first kappa shape index (κ1) is 22.0. The number of methoxy groups -OCH3 is 1. The zero-order valence-corrected chi connectivity index (χ0v) is 19.1. The summed E-state index contributed by atoms with van der Waals surface area (Å²) >= 11 is 1.47. The molecule has 1 aromatic heterocycles. The third kappa shape index (κ3) is 5.16. The number of rotatable bonds is 7. The summed E-state index contributed by atoms with van der Waals surface area (Å²) in [7, 11) is 1.64. The average Bonchev–Trinajstić information content (AvgIpc) is 3.22. The number of fused-ring (bicyclic) bond motifs is 1. The van der Waals surface area contributed by atoms with E-state index in [0.29, 0.717) is 17.2 Å². The quantitative estimate of drug-likeness (QED) is 0.557. The molecule has 0 spiro atoms. The summed E-state index contributed by atoms with van der Waals surface area (Å²) in [5.41, 5.74) is 3.65. The lowest BCUT2D eigenvalue weighted by Crippen LogP contribution is -2.32. The summed E-state index contributed by atoms with van der Waals surface area (Å²) in [5.74, 6) is 0.370. The summed E-state index contributed by atoms with van der Waals surface area (Å²) < 4.78 is 5.18. The zero-order valence-electron chi connectivity index (χ0n) is 18.3. The predicted molar refractivity (Wildman–Crippen MR) is 127 cm³/mol. The van der Waals surface area contributed by atoms with Gasteiger partial charge in [0.05, 0.1) is 18.7 Å². The molecule has 0 bridgehead atoms. The Morgan fingerprint density at radius 1 is 1.12 bits per heavy atom. The van der Waals surface area contributed by atoms with Gasteiger partial charge in [-0.15, -0.1) is 11.3 Å². The first-order valence-electron chi connectivity index (χ1n) is 10.8. The van der Waals surface area contributed by atoms with E-state index in [9.17, 15) is 9.59 Å². The molecule has 7 heteroatoms. The fraction of sp³-hybridized carbons (Fsp3) is 0.320. The topological polar surface area (TPSA) is 80.3 Å². The Kier molecular flexibility index (Phi) is 6.85. The van der Waals surface area contributed by atoms with Gasteiger partial charge in [0.1, 0.15) is 5.75 Å². The molecule has 0 aliphatic heterocycles. The van der Waals surface area contributed by atoms with E-state index in [1.54, 1.807) is 19.2 Å². The van der Waals surface area contributed by atoms with Gasteiger partial charge in [0, 0.05) is 17.0 Å². The number of hydrogen-bond donors (Lipinski definition) is 2. The van der Waals surface area contributed by atoms with Crippen molar-refractivity contribution in [2.75, 3.05) is 19.0 Å². The SMILES string of the molecule is COc1ccc(CCNC(=O)C2CCCc3sc(NC(=O)c4ccc(C)cc4)nc32)cc1. The second-order valence-electron chi connectivity index (χ2n) is 7.98. The van der Waals surface area contributed by atoms with E-state index in [1.165, 1.54) is 11.3 Å². The molecule has 2 aromatic carbocycles. The Labute approximate surface area is 192 Å². The molecule has 166 valence electrons. The number of aromatic nitrogens is 1. The number of hydrogen-bond acceptors (Lipinski definition) is 5. The van der Waals surface area contributed by atoms with Gasteiger partial charge in [0.2, 0.25) is 5.91 Å². The molecule has 0 fully saturated rings. The van der Waals surface area contributed by atoms with Crippen molar-refractivity contribution in [3.8, 4) is 5.75 Å². The number of thiazole rings is 1. The molecule has 0 saturated carbocycles. The molecule has 1 unspecified atom stereocenters. The van der Waals surface area contributed by atoms with Crippen LogP contribution in [-0.2, 0) is 17.6 Å². The molecule has 1 aliphatic carbocycles. The van der Waals surface area contributed by atoms with Crippen molar-refractivity contribution < 1.29 is 14.3 Å². The number of benzene rings is 2. The summed E-state index contributed by atoms with van der Waals surface area (Å²) in [6, 6.07) is 15.3. The smallest absolute Gasteiger partial charge is 0.257 e. The van der Waals surface area contributed by atoms with E-state index in [1.807, 2.05) is 43.3 Å². The largest absolute Gasteiger partial charge is 0.497 e. The Balaban J connectivity index is 1.37. The minimum absolute atomic E-state index is 0.00109. The maximum Gasteiger partial charge on any atom is 0.257 e. The average molecular weight is 450 g/mol. The summed E-state index contributed by atoms with van der Waals surface area (Å²) in [5, 5.41) is 6.51. The van der Waals surface area contributed by atoms with Gasteiger partial charge in [-0.05, 0) is 62.4 Å². The van der Waals surface area contributed by atoms with E-state index < -0.39 is 0 Å². The van der Waals surface area contributed by atoms with Crippen LogP contribution in [0.2, 0.25) is 0 Å². The van der Waals surface area contributed by atoms with Crippen LogP contribution in [0.5, 0.6) is 5.75 Å². The van der Waals surface area contributed by atoms with Gasteiger partial charge in [0.15, 0.2) is 5.13 Å². The maximum atomic E-state index is 12.9. The minimum atomic E-state index is -0.268. The van der Waals surface area contributed by atoms with Crippen LogP contribution in [0.15, 0.2) is 48.5 Å². The number of anilines is 1. The van der Waals surface area contributed by atoms with Gasteiger partial charge < -0.3 is 10.1 Å². The second kappa shape index (κ2) is 9.96. The van der Waals surface area contributed by atoms with E-state index in [0.717, 1.165) is 53.1 Å². The van der Waals surface area contributed by atoms with Crippen LogP contribution >= 0.6 is 11.3 Å². The molecule has 1 atom stereocenters. The lowest BCUT2D eigenvalue weighted by Gasteiger charge is -2.20. The number of aryl methyl sites for hydroxylation is 2. The Bertz CT molecular complexity index is 1090. The lowest BCUT2D eigenvalue weighted by molar-refractivity contribution is -0.122. The standard InChI is InChI=1S/C25H27N3O3S/c1-16-6-10-18(11-7-16)23(29)28-25-27-22-20(4-3-5-21(22)32-25)24(30)26-15-14-17-8-12-19(31-2)13-9-17/h6-13,20H,3-5,14-15H2,1-2H3,(H,26,30)(H,27,28,29). The van der Waals surface area contributed by atoms with Crippen molar-refractivity contribution in [1.29, 1.82) is 0 Å². The van der Waals surface area contributed by atoms with Crippen LogP contribution in [-0.4, -0.2) is 30.5 Å². The Morgan fingerprint density at radius 3 is 2.59 bits per heavy atom. The zero-order chi connectivity index (χ0) is 22.5. The summed E-state index contributed by atoms with van der Waals surface area (Å²) in [6.07, 6.45) is 3.36. The van der Waals surface area contributed by atoms with E-state index >= 15 is 0 Å². The van der Waals surface area contributed by atoms with Crippen molar-refractivity contribution in [1.82, 2.24) is 10.3 Å². The molecule has 2 N–H and O–H groups in total. The number of carbonyl (C=O) groups excluding carboxylic acids is 2. The molecule has 3 aromatic rings. The van der Waals surface area contributed by atoms with Gasteiger partial charge in [-0.25, -0.2) is 4.98 Å². The van der Waals surface area contributed by atoms with Gasteiger partial charge in [-0.1, -0.05) is 29.8 Å². The third-order valence-electron chi connectivity index (χ3n) is 5.68. The van der Waals surface area contributed by atoms with Crippen LogP contribution in [0, 0.1) is 6.92 Å². The predicted octanol–water partition coefficient (Wildman–Crippen LogP) is 4.49. The van der Waals surface area contributed by atoms with Crippen LogP contribution in [0.4, 0.5) is 5.13 Å². The molecule has 6 nitrogen and oxygen atoms in total. The number of carbonyl (C=O) groups is 2. The fourth-order valence-corrected chi connectivity index (χ4v) is 4.91. The molecule has 0 radical (unpaired) electrons. The minimum Gasteiger partial charge on any atom is -0.497 e. The monoisotopic (exact) mass is 449 g/mol. The summed E-state index contributed by atoms with van der Waals surface area (Å²) in [4.78, 5) is 31.1. The highest BCUT2D eigenvalue weighted by atomic mass is 32.1. The lowest BCUT2D eigenvalue weighted by atomic mass is 9.90. The molecule has 1 heterocycles. The highest BCUT2D eigenvalue weighted by molar-refractivity contribution is 7.16. The molecule has 0 saturated heterocycles. The van der Waals surface area contributed by atoms with E-state index in [-0.39, 0.29) is 17.7 Å². The van der Waals surface area contributed by atoms with Crippen molar-refractivity contribution >= 4 is 28.3 Å². The molecule has 1 aliphatic rings. The van der Waals surface area contributed by atoms with Crippen LogP contribution in [0.1, 0.15) is 50.8 Å². The van der Waals surface area contributed by atoms with E-state index in [4.69, 9.17) is 4.74 Å².